The zero-order valence-electron chi connectivity index (χ0n) is 9.29. The Morgan fingerprint density at radius 1 is 1.44 bits per heavy atom. The van der Waals surface area contributed by atoms with E-state index in [1.54, 1.807) is 32.4 Å². The van der Waals surface area contributed by atoms with Gasteiger partial charge in [-0.25, -0.2) is 4.39 Å². The Morgan fingerprint density at radius 2 is 2.25 bits per heavy atom. The van der Waals surface area contributed by atoms with Crippen LogP contribution in [0.5, 0.6) is 0 Å². The number of benzene rings is 1. The van der Waals surface area contributed by atoms with Crippen molar-refractivity contribution in [3.05, 3.63) is 35.8 Å². The quantitative estimate of drug-likeness (QED) is 0.864. The van der Waals surface area contributed by atoms with Crippen LogP contribution in [0.1, 0.15) is 11.7 Å². The maximum absolute atomic E-state index is 14.1. The highest BCUT2D eigenvalue weighted by atomic mass is 19.1. The second-order valence-corrected chi connectivity index (χ2v) is 3.58. The summed E-state index contributed by atoms with van der Waals surface area (Å²) in [7, 11) is 3.38. The third kappa shape index (κ3) is 1.81. The lowest BCUT2D eigenvalue weighted by Crippen LogP contribution is -2.19. The fourth-order valence-corrected chi connectivity index (χ4v) is 1.78. The molecule has 0 aliphatic carbocycles. The molecule has 1 aromatic carbocycles. The number of hydrogen-bond acceptors (Lipinski definition) is 3. The van der Waals surface area contributed by atoms with Crippen molar-refractivity contribution in [3.8, 4) is 0 Å². The van der Waals surface area contributed by atoms with E-state index in [4.69, 9.17) is 9.15 Å². The van der Waals surface area contributed by atoms with Crippen molar-refractivity contribution in [1.82, 2.24) is 5.32 Å². The maximum atomic E-state index is 14.1. The molecule has 2 aromatic rings. The molecule has 1 aromatic heterocycles. The van der Waals surface area contributed by atoms with Gasteiger partial charge in [-0.1, -0.05) is 0 Å². The van der Waals surface area contributed by atoms with Gasteiger partial charge < -0.3 is 14.5 Å². The van der Waals surface area contributed by atoms with Crippen LogP contribution in [0.3, 0.4) is 0 Å². The summed E-state index contributed by atoms with van der Waals surface area (Å²) in [6.07, 6.45) is 1.20. The van der Waals surface area contributed by atoms with E-state index >= 15 is 0 Å². The number of fused-ring (bicyclic) bond motifs is 1. The molecule has 0 saturated heterocycles. The Morgan fingerprint density at radius 3 is 2.94 bits per heavy atom. The molecule has 16 heavy (non-hydrogen) atoms. The summed E-state index contributed by atoms with van der Waals surface area (Å²) in [6.45, 7) is 0.566. The van der Waals surface area contributed by atoms with Crippen LogP contribution >= 0.6 is 0 Å². The van der Waals surface area contributed by atoms with Crippen LogP contribution < -0.4 is 5.32 Å². The standard InChI is InChI=1S/C12H14FNO2/c1-14-7-11(15-2)8-3-4-10-9(12(8)13)5-6-16-10/h3-6,11,14H,7H2,1-2H3. The number of nitrogens with one attached hydrogen (secondary N) is 1. The van der Waals surface area contributed by atoms with Crippen molar-refractivity contribution < 1.29 is 13.5 Å². The van der Waals surface area contributed by atoms with E-state index in [1.807, 2.05) is 0 Å². The topological polar surface area (TPSA) is 34.4 Å². The van der Waals surface area contributed by atoms with E-state index in [9.17, 15) is 4.39 Å². The molecule has 0 spiro atoms. The van der Waals surface area contributed by atoms with Crippen molar-refractivity contribution in [2.24, 2.45) is 0 Å². The molecule has 0 fully saturated rings. The Kier molecular flexibility index (Phi) is 3.22. The molecule has 1 atom stereocenters. The van der Waals surface area contributed by atoms with Gasteiger partial charge in [-0.3, -0.25) is 0 Å². The molecule has 0 saturated carbocycles. The summed E-state index contributed by atoms with van der Waals surface area (Å²) in [6, 6.07) is 5.09. The van der Waals surface area contributed by atoms with E-state index in [1.165, 1.54) is 6.26 Å². The summed E-state index contributed by atoms with van der Waals surface area (Å²) in [5.41, 5.74) is 1.10. The van der Waals surface area contributed by atoms with Crippen LogP contribution in [0.25, 0.3) is 11.0 Å². The second kappa shape index (κ2) is 4.63. The SMILES string of the molecule is CNCC(OC)c1ccc2occc2c1F. The molecule has 1 N–H and O–H groups in total. The number of ether oxygens (including phenoxy) is 1. The largest absolute Gasteiger partial charge is 0.464 e. The molecule has 86 valence electrons. The minimum Gasteiger partial charge on any atom is -0.464 e. The molecule has 2 rings (SSSR count). The van der Waals surface area contributed by atoms with Crippen LogP contribution in [-0.2, 0) is 4.74 Å². The van der Waals surface area contributed by atoms with Crippen molar-refractivity contribution in [3.63, 3.8) is 0 Å². The summed E-state index contributed by atoms with van der Waals surface area (Å²) in [5, 5.41) is 3.47. The smallest absolute Gasteiger partial charge is 0.140 e. The average molecular weight is 223 g/mol. The van der Waals surface area contributed by atoms with E-state index in [0.717, 1.165) is 0 Å². The molecule has 3 nitrogen and oxygen atoms in total. The summed E-state index contributed by atoms with van der Waals surface area (Å²) < 4.78 is 24.5. The molecular formula is C12H14FNO2. The fourth-order valence-electron chi connectivity index (χ4n) is 1.78. The Labute approximate surface area is 93.2 Å². The lowest BCUT2D eigenvalue weighted by Gasteiger charge is -2.16. The number of rotatable bonds is 4. The molecule has 0 bridgehead atoms. The number of halogens is 1. The van der Waals surface area contributed by atoms with Gasteiger partial charge in [0.15, 0.2) is 0 Å². The minimum absolute atomic E-state index is 0.270. The maximum Gasteiger partial charge on any atom is 0.140 e. The predicted octanol–water partition coefficient (Wildman–Crippen LogP) is 2.48. The first-order chi connectivity index (χ1) is 7.77. The highest BCUT2D eigenvalue weighted by Gasteiger charge is 2.17. The van der Waals surface area contributed by atoms with Crippen molar-refractivity contribution in [2.75, 3.05) is 20.7 Å². The van der Waals surface area contributed by atoms with Crippen LogP contribution in [0.2, 0.25) is 0 Å². The molecule has 0 amide bonds. The van der Waals surface area contributed by atoms with E-state index < -0.39 is 0 Å². The molecule has 1 heterocycles. The third-order valence-electron chi connectivity index (χ3n) is 2.62. The molecule has 4 heteroatoms. The third-order valence-corrected chi connectivity index (χ3v) is 2.62. The Balaban J connectivity index is 2.46. The van der Waals surface area contributed by atoms with Crippen molar-refractivity contribution in [1.29, 1.82) is 0 Å². The normalized spacial score (nSPS) is 13.2. The van der Waals surface area contributed by atoms with Gasteiger partial charge in [0.2, 0.25) is 0 Å². The van der Waals surface area contributed by atoms with E-state index in [-0.39, 0.29) is 11.9 Å². The molecular weight excluding hydrogens is 209 g/mol. The Bertz CT molecular complexity index is 481. The summed E-state index contributed by atoms with van der Waals surface area (Å²) in [4.78, 5) is 0. The van der Waals surface area contributed by atoms with Gasteiger partial charge in [-0.05, 0) is 25.2 Å². The number of hydrogen-bond donors (Lipinski definition) is 1. The van der Waals surface area contributed by atoms with E-state index in [0.29, 0.717) is 23.1 Å². The lowest BCUT2D eigenvalue weighted by atomic mass is 10.1. The van der Waals surface area contributed by atoms with Crippen molar-refractivity contribution in [2.45, 2.75) is 6.10 Å². The first-order valence-corrected chi connectivity index (χ1v) is 5.11. The zero-order valence-corrected chi connectivity index (χ0v) is 9.29. The van der Waals surface area contributed by atoms with Crippen molar-refractivity contribution >= 4 is 11.0 Å². The van der Waals surface area contributed by atoms with Gasteiger partial charge in [0.25, 0.3) is 0 Å². The van der Waals surface area contributed by atoms with E-state index in [2.05, 4.69) is 5.32 Å². The number of furan rings is 1. The first kappa shape index (κ1) is 11.1. The van der Waals surface area contributed by atoms with Crippen LogP contribution in [0.4, 0.5) is 4.39 Å². The predicted molar refractivity (Wildman–Crippen MR) is 59.8 cm³/mol. The lowest BCUT2D eigenvalue weighted by molar-refractivity contribution is 0.101. The minimum atomic E-state index is -0.288. The molecule has 1 unspecified atom stereocenters. The second-order valence-electron chi connectivity index (χ2n) is 3.58. The monoisotopic (exact) mass is 223 g/mol. The van der Waals surface area contributed by atoms with Gasteiger partial charge in [-0.15, -0.1) is 0 Å². The van der Waals surface area contributed by atoms with Gasteiger partial charge >= 0.3 is 0 Å². The number of likely N-dealkylation sites (N-methyl/N-ethyl adjacent to an activating group) is 1. The molecule has 0 aliphatic heterocycles. The zero-order chi connectivity index (χ0) is 11.5. The van der Waals surface area contributed by atoms with Gasteiger partial charge in [0.05, 0.1) is 17.8 Å². The highest BCUT2D eigenvalue weighted by Crippen LogP contribution is 2.27. The van der Waals surface area contributed by atoms with Crippen LogP contribution in [-0.4, -0.2) is 20.7 Å². The first-order valence-electron chi connectivity index (χ1n) is 5.11. The van der Waals surface area contributed by atoms with Gasteiger partial charge in [0, 0.05) is 19.2 Å². The molecule has 0 aliphatic rings. The van der Waals surface area contributed by atoms with Gasteiger partial charge in [0.1, 0.15) is 11.4 Å². The number of methoxy groups -OCH3 is 1. The van der Waals surface area contributed by atoms with Crippen LogP contribution in [0, 0.1) is 5.82 Å². The van der Waals surface area contributed by atoms with Crippen LogP contribution in [0.15, 0.2) is 28.9 Å². The summed E-state index contributed by atoms with van der Waals surface area (Å²) in [5.74, 6) is -0.270. The molecule has 0 radical (unpaired) electrons. The Hall–Kier alpha value is -1.39. The van der Waals surface area contributed by atoms with Gasteiger partial charge in [-0.2, -0.15) is 0 Å². The highest BCUT2D eigenvalue weighted by molar-refractivity contribution is 5.78. The summed E-state index contributed by atoms with van der Waals surface area (Å²) >= 11 is 0. The fraction of sp³-hybridized carbons (Fsp3) is 0.333. The average Bonchev–Trinajstić information content (AvgIpc) is 2.76.